The Balaban J connectivity index is 1.73. The summed E-state index contributed by atoms with van der Waals surface area (Å²) in [5, 5.41) is 6.35. The molecule has 0 saturated heterocycles. The van der Waals surface area contributed by atoms with Gasteiger partial charge in [0.25, 0.3) is 5.91 Å². The minimum atomic E-state index is -0.0552. The Bertz CT molecular complexity index is 640. The number of amides is 1. The molecule has 1 amide bonds. The summed E-state index contributed by atoms with van der Waals surface area (Å²) >= 11 is 0. The second kappa shape index (κ2) is 6.06. The Hall–Kier alpha value is -2.20. The van der Waals surface area contributed by atoms with E-state index in [1.807, 2.05) is 31.2 Å². The lowest BCUT2D eigenvalue weighted by molar-refractivity contribution is 0.0939. The smallest absolute Gasteiger partial charge is 0.251 e. The lowest BCUT2D eigenvalue weighted by atomic mass is 9.98. The highest BCUT2D eigenvalue weighted by Crippen LogP contribution is 2.17. The number of nitrogens with one attached hydrogen (secondary N) is 2. The standard InChI is InChI=1S/C17H19N3O/c1-12(15-3-2-7-18-10-15)20-17(21)14-5-4-13-6-8-19-11-16(13)9-14/h2-5,7,9-10,12,19H,6,8,11H2,1H3,(H,20,21)/t12-/m1/s1. The molecule has 21 heavy (non-hydrogen) atoms. The van der Waals surface area contributed by atoms with Gasteiger partial charge in [0.15, 0.2) is 0 Å². The van der Waals surface area contributed by atoms with Crippen molar-refractivity contribution in [3.05, 3.63) is 65.0 Å². The van der Waals surface area contributed by atoms with E-state index in [0.717, 1.165) is 25.1 Å². The van der Waals surface area contributed by atoms with Crippen LogP contribution in [0.1, 0.15) is 40.0 Å². The van der Waals surface area contributed by atoms with Crippen LogP contribution in [0.25, 0.3) is 0 Å². The quantitative estimate of drug-likeness (QED) is 0.907. The number of nitrogens with zero attached hydrogens (tertiary/aromatic N) is 1. The molecule has 1 aromatic heterocycles. The Kier molecular flexibility index (Phi) is 3.97. The van der Waals surface area contributed by atoms with Gasteiger partial charge in [-0.3, -0.25) is 9.78 Å². The average molecular weight is 281 g/mol. The molecule has 1 atom stereocenters. The summed E-state index contributed by atoms with van der Waals surface area (Å²) < 4.78 is 0. The minimum absolute atomic E-state index is 0.0419. The molecule has 0 aliphatic carbocycles. The maximum atomic E-state index is 12.4. The SMILES string of the molecule is C[C@@H](NC(=O)c1ccc2c(c1)CNCC2)c1cccnc1. The minimum Gasteiger partial charge on any atom is -0.345 e. The van der Waals surface area contributed by atoms with E-state index in [2.05, 4.69) is 21.7 Å². The highest BCUT2D eigenvalue weighted by atomic mass is 16.1. The predicted octanol–water partition coefficient (Wildman–Crippen LogP) is 2.22. The van der Waals surface area contributed by atoms with Crippen LogP contribution in [0.2, 0.25) is 0 Å². The fourth-order valence-corrected chi connectivity index (χ4v) is 2.62. The van der Waals surface area contributed by atoms with Gasteiger partial charge in [0.05, 0.1) is 6.04 Å². The number of rotatable bonds is 3. The van der Waals surface area contributed by atoms with Crippen molar-refractivity contribution < 1.29 is 4.79 Å². The molecule has 1 aliphatic rings. The van der Waals surface area contributed by atoms with Gasteiger partial charge in [-0.15, -0.1) is 0 Å². The molecule has 2 aromatic rings. The first-order valence-electron chi connectivity index (χ1n) is 7.27. The molecule has 0 unspecified atom stereocenters. The zero-order chi connectivity index (χ0) is 14.7. The van der Waals surface area contributed by atoms with Crippen LogP contribution < -0.4 is 10.6 Å². The topological polar surface area (TPSA) is 54.0 Å². The summed E-state index contributed by atoms with van der Waals surface area (Å²) in [6, 6.07) is 9.76. The zero-order valence-electron chi connectivity index (χ0n) is 12.1. The van der Waals surface area contributed by atoms with E-state index < -0.39 is 0 Å². The lowest BCUT2D eigenvalue weighted by Gasteiger charge is -2.19. The fraction of sp³-hybridized carbons (Fsp3) is 0.294. The van der Waals surface area contributed by atoms with Crippen molar-refractivity contribution in [3.8, 4) is 0 Å². The average Bonchev–Trinajstić information content (AvgIpc) is 2.55. The molecule has 4 heteroatoms. The van der Waals surface area contributed by atoms with Crippen LogP contribution in [0.3, 0.4) is 0 Å². The highest BCUT2D eigenvalue weighted by molar-refractivity contribution is 5.94. The van der Waals surface area contributed by atoms with E-state index in [1.165, 1.54) is 11.1 Å². The van der Waals surface area contributed by atoms with Crippen LogP contribution in [-0.2, 0) is 13.0 Å². The molecule has 0 fully saturated rings. The number of hydrogen-bond acceptors (Lipinski definition) is 3. The second-order valence-electron chi connectivity index (χ2n) is 5.39. The van der Waals surface area contributed by atoms with Gasteiger partial charge in [-0.05, 0) is 54.8 Å². The van der Waals surface area contributed by atoms with Crippen molar-refractivity contribution in [3.63, 3.8) is 0 Å². The monoisotopic (exact) mass is 281 g/mol. The lowest BCUT2D eigenvalue weighted by Crippen LogP contribution is -2.28. The number of fused-ring (bicyclic) bond motifs is 1. The van der Waals surface area contributed by atoms with Gasteiger partial charge in [-0.2, -0.15) is 0 Å². The first-order chi connectivity index (χ1) is 10.2. The van der Waals surface area contributed by atoms with E-state index in [9.17, 15) is 4.79 Å². The summed E-state index contributed by atoms with van der Waals surface area (Å²) in [7, 11) is 0. The van der Waals surface area contributed by atoms with Gasteiger partial charge < -0.3 is 10.6 Å². The Morgan fingerprint density at radius 2 is 2.24 bits per heavy atom. The van der Waals surface area contributed by atoms with Gasteiger partial charge in [0.2, 0.25) is 0 Å². The van der Waals surface area contributed by atoms with E-state index in [-0.39, 0.29) is 11.9 Å². The van der Waals surface area contributed by atoms with Crippen molar-refractivity contribution in [2.75, 3.05) is 6.54 Å². The molecule has 0 spiro atoms. The van der Waals surface area contributed by atoms with E-state index >= 15 is 0 Å². The molecule has 0 saturated carbocycles. The van der Waals surface area contributed by atoms with Crippen molar-refractivity contribution in [1.82, 2.24) is 15.6 Å². The summed E-state index contributed by atoms with van der Waals surface area (Å²) in [5.41, 5.74) is 4.28. The summed E-state index contributed by atoms with van der Waals surface area (Å²) in [5.74, 6) is -0.0419. The summed E-state index contributed by atoms with van der Waals surface area (Å²) in [6.45, 7) is 3.82. The third-order valence-corrected chi connectivity index (χ3v) is 3.89. The van der Waals surface area contributed by atoms with Crippen molar-refractivity contribution in [1.29, 1.82) is 0 Å². The van der Waals surface area contributed by atoms with Crippen molar-refractivity contribution >= 4 is 5.91 Å². The van der Waals surface area contributed by atoms with Crippen LogP contribution in [0.4, 0.5) is 0 Å². The molecule has 4 nitrogen and oxygen atoms in total. The summed E-state index contributed by atoms with van der Waals surface area (Å²) in [4.78, 5) is 16.4. The van der Waals surface area contributed by atoms with Crippen LogP contribution >= 0.6 is 0 Å². The number of benzene rings is 1. The van der Waals surface area contributed by atoms with E-state index in [1.54, 1.807) is 12.4 Å². The maximum absolute atomic E-state index is 12.4. The third kappa shape index (κ3) is 3.11. The van der Waals surface area contributed by atoms with Crippen molar-refractivity contribution in [2.45, 2.75) is 25.9 Å². The molecule has 0 bridgehead atoms. The predicted molar refractivity (Wildman–Crippen MR) is 82.0 cm³/mol. The Labute approximate surface area is 124 Å². The largest absolute Gasteiger partial charge is 0.345 e. The second-order valence-corrected chi connectivity index (χ2v) is 5.39. The molecule has 2 N–H and O–H groups in total. The number of pyridine rings is 1. The number of carbonyl (C=O) groups excluding carboxylic acids is 1. The third-order valence-electron chi connectivity index (χ3n) is 3.89. The maximum Gasteiger partial charge on any atom is 0.251 e. The molecule has 108 valence electrons. The number of hydrogen-bond donors (Lipinski definition) is 2. The molecule has 3 rings (SSSR count). The first-order valence-corrected chi connectivity index (χ1v) is 7.27. The molecular formula is C17H19N3O. The van der Waals surface area contributed by atoms with Crippen molar-refractivity contribution in [2.24, 2.45) is 0 Å². The van der Waals surface area contributed by atoms with Crippen LogP contribution in [-0.4, -0.2) is 17.4 Å². The van der Waals surface area contributed by atoms with Crippen LogP contribution in [0, 0.1) is 0 Å². The molecule has 1 aliphatic heterocycles. The van der Waals surface area contributed by atoms with E-state index in [0.29, 0.717) is 5.56 Å². The molecule has 1 aromatic carbocycles. The number of carbonyl (C=O) groups is 1. The van der Waals surface area contributed by atoms with Gasteiger partial charge in [0.1, 0.15) is 0 Å². The van der Waals surface area contributed by atoms with Gasteiger partial charge in [-0.25, -0.2) is 0 Å². The highest BCUT2D eigenvalue weighted by Gasteiger charge is 2.14. The molecule has 2 heterocycles. The van der Waals surface area contributed by atoms with Crippen LogP contribution in [0.15, 0.2) is 42.7 Å². The molecule has 0 radical (unpaired) electrons. The van der Waals surface area contributed by atoms with Gasteiger partial charge in [0, 0.05) is 24.5 Å². The zero-order valence-corrected chi connectivity index (χ0v) is 12.1. The first kappa shape index (κ1) is 13.8. The Morgan fingerprint density at radius 1 is 1.33 bits per heavy atom. The Morgan fingerprint density at radius 3 is 3.05 bits per heavy atom. The van der Waals surface area contributed by atoms with E-state index in [4.69, 9.17) is 0 Å². The summed E-state index contributed by atoms with van der Waals surface area (Å²) in [6.07, 6.45) is 4.54. The normalized spacial score (nSPS) is 15.1. The number of aromatic nitrogens is 1. The van der Waals surface area contributed by atoms with Gasteiger partial charge in [-0.1, -0.05) is 12.1 Å². The van der Waals surface area contributed by atoms with Crippen LogP contribution in [0.5, 0.6) is 0 Å². The van der Waals surface area contributed by atoms with Gasteiger partial charge >= 0.3 is 0 Å². The fourth-order valence-electron chi connectivity index (χ4n) is 2.62. The molecular weight excluding hydrogens is 262 g/mol.